The summed E-state index contributed by atoms with van der Waals surface area (Å²) in [5.41, 5.74) is 2.73. The van der Waals surface area contributed by atoms with Gasteiger partial charge in [-0.2, -0.15) is 0 Å². The van der Waals surface area contributed by atoms with Crippen molar-refractivity contribution in [3.8, 4) is 0 Å². The number of hydrogen-bond acceptors (Lipinski definition) is 6. The van der Waals surface area contributed by atoms with E-state index in [0.29, 0.717) is 12.8 Å². The number of ether oxygens (including phenoxy) is 1. The van der Waals surface area contributed by atoms with E-state index in [4.69, 9.17) is 4.74 Å². The highest BCUT2D eigenvalue weighted by atomic mass is 32.2. The Morgan fingerprint density at radius 2 is 2.03 bits per heavy atom. The number of anilines is 1. The molecule has 0 radical (unpaired) electrons. The van der Waals surface area contributed by atoms with Crippen molar-refractivity contribution < 1.29 is 24.2 Å². The highest BCUT2D eigenvalue weighted by molar-refractivity contribution is 8.02. The smallest absolute Gasteiger partial charge is 0.311 e. The van der Waals surface area contributed by atoms with Gasteiger partial charge in [-0.15, -0.1) is 18.3 Å². The number of likely N-dealkylation sites (tertiary alicyclic amines) is 1. The number of thioether (sulfide) groups is 1. The van der Waals surface area contributed by atoms with Crippen molar-refractivity contribution in [1.82, 2.24) is 4.90 Å². The van der Waals surface area contributed by atoms with Crippen LogP contribution in [0.1, 0.15) is 37.8 Å². The predicted molar refractivity (Wildman–Crippen MR) is 142 cm³/mol. The third-order valence-electron chi connectivity index (χ3n) is 8.02. The van der Waals surface area contributed by atoms with E-state index >= 15 is 0 Å². The lowest BCUT2D eigenvalue weighted by Gasteiger charge is -2.39. The zero-order valence-corrected chi connectivity index (χ0v) is 22.3. The standard InChI is InChI=1S/C28H36N2O5S/c1-7-13-29(20-15-17(3)9-10-18(20)4)25(33)23-28-12-11-27(6,36-28)22(26(34)35-14-8-2)21(28)24(32)30(23)19(5)16-31/h7-10,15,19,21-23,31H,1-2,11-14,16H2,3-6H3/t19-,21+,22+,23?,27-,28?/m1/s1. The Hall–Kier alpha value is -2.58. The van der Waals surface area contributed by atoms with E-state index in [-0.39, 0.29) is 31.6 Å². The maximum absolute atomic E-state index is 14.5. The number of aryl methyl sites for hydroxylation is 2. The molecule has 2 amide bonds. The zero-order chi connectivity index (χ0) is 26.4. The van der Waals surface area contributed by atoms with E-state index in [1.165, 1.54) is 6.08 Å². The van der Waals surface area contributed by atoms with Crippen LogP contribution in [0, 0.1) is 25.7 Å². The quantitative estimate of drug-likeness (QED) is 0.403. The molecule has 2 bridgehead atoms. The summed E-state index contributed by atoms with van der Waals surface area (Å²) in [4.78, 5) is 45.0. The van der Waals surface area contributed by atoms with E-state index in [1.54, 1.807) is 34.6 Å². The second-order valence-electron chi connectivity index (χ2n) is 10.5. The molecule has 1 aromatic rings. The molecular formula is C28H36N2O5S. The second kappa shape index (κ2) is 9.71. The van der Waals surface area contributed by atoms with Gasteiger partial charge in [-0.1, -0.05) is 30.9 Å². The normalized spacial score (nSPS) is 31.2. The number of benzene rings is 1. The first-order valence-electron chi connectivity index (χ1n) is 12.5. The summed E-state index contributed by atoms with van der Waals surface area (Å²) >= 11 is 1.59. The highest BCUT2D eigenvalue weighted by Crippen LogP contribution is 2.71. The number of rotatable bonds is 9. The molecule has 3 fully saturated rings. The molecule has 3 aliphatic heterocycles. The second-order valence-corrected chi connectivity index (χ2v) is 12.3. The number of aliphatic hydroxyl groups excluding tert-OH is 1. The Kier molecular flexibility index (Phi) is 7.14. The topological polar surface area (TPSA) is 87.1 Å². The molecule has 3 aliphatic rings. The van der Waals surface area contributed by atoms with E-state index in [9.17, 15) is 19.5 Å². The van der Waals surface area contributed by atoms with Gasteiger partial charge < -0.3 is 19.6 Å². The Morgan fingerprint density at radius 3 is 2.67 bits per heavy atom. The van der Waals surface area contributed by atoms with Gasteiger partial charge in [-0.05, 0) is 57.7 Å². The van der Waals surface area contributed by atoms with Crippen molar-refractivity contribution in [2.45, 2.75) is 62.1 Å². The Balaban J connectivity index is 1.83. The lowest BCUT2D eigenvalue weighted by molar-refractivity contribution is -0.155. The van der Waals surface area contributed by atoms with Crippen molar-refractivity contribution in [2.24, 2.45) is 11.8 Å². The maximum Gasteiger partial charge on any atom is 0.311 e. The summed E-state index contributed by atoms with van der Waals surface area (Å²) in [5, 5.41) is 10.1. The zero-order valence-electron chi connectivity index (χ0n) is 21.5. The van der Waals surface area contributed by atoms with Crippen LogP contribution in [0.15, 0.2) is 43.5 Å². The minimum absolute atomic E-state index is 0.0723. The molecule has 3 heterocycles. The van der Waals surface area contributed by atoms with E-state index < -0.39 is 39.4 Å². The van der Waals surface area contributed by atoms with Gasteiger partial charge in [-0.25, -0.2) is 0 Å². The maximum atomic E-state index is 14.5. The Labute approximate surface area is 217 Å². The molecule has 4 rings (SSSR count). The third-order valence-corrected chi connectivity index (χ3v) is 10.0. The van der Waals surface area contributed by atoms with E-state index in [0.717, 1.165) is 16.8 Å². The molecular weight excluding hydrogens is 476 g/mol. The molecule has 2 unspecified atom stereocenters. The molecule has 36 heavy (non-hydrogen) atoms. The predicted octanol–water partition coefficient (Wildman–Crippen LogP) is 3.41. The van der Waals surface area contributed by atoms with Crippen LogP contribution in [0.25, 0.3) is 0 Å². The monoisotopic (exact) mass is 512 g/mol. The Morgan fingerprint density at radius 1 is 1.31 bits per heavy atom. The van der Waals surface area contributed by atoms with Gasteiger partial charge in [0.25, 0.3) is 5.91 Å². The van der Waals surface area contributed by atoms with E-state index in [2.05, 4.69) is 13.2 Å². The van der Waals surface area contributed by atoms with Crippen LogP contribution in [0.4, 0.5) is 5.69 Å². The molecule has 7 nitrogen and oxygen atoms in total. The van der Waals surface area contributed by atoms with E-state index in [1.807, 2.05) is 39.0 Å². The molecule has 1 aromatic carbocycles. The summed E-state index contributed by atoms with van der Waals surface area (Å²) in [7, 11) is 0. The van der Waals surface area contributed by atoms with Gasteiger partial charge in [0.2, 0.25) is 5.91 Å². The van der Waals surface area contributed by atoms with Crippen molar-refractivity contribution in [2.75, 3.05) is 24.7 Å². The molecule has 194 valence electrons. The number of fused-ring (bicyclic) bond motifs is 1. The first-order valence-corrected chi connectivity index (χ1v) is 13.3. The summed E-state index contributed by atoms with van der Waals surface area (Å²) in [6.07, 6.45) is 4.53. The van der Waals surface area contributed by atoms with Crippen LogP contribution in [0.2, 0.25) is 0 Å². The number of carbonyl (C=O) groups excluding carboxylic acids is 3. The summed E-state index contributed by atoms with van der Waals surface area (Å²) in [6.45, 7) is 15.2. The molecule has 8 heteroatoms. The summed E-state index contributed by atoms with van der Waals surface area (Å²) in [6, 6.07) is 4.55. The van der Waals surface area contributed by atoms with Crippen LogP contribution < -0.4 is 4.90 Å². The minimum atomic E-state index is -0.818. The van der Waals surface area contributed by atoms with Crippen molar-refractivity contribution >= 4 is 35.2 Å². The number of amides is 2. The van der Waals surface area contributed by atoms with Crippen molar-refractivity contribution in [3.05, 3.63) is 54.6 Å². The number of carbonyl (C=O) groups is 3. The fourth-order valence-electron chi connectivity index (χ4n) is 6.39. The minimum Gasteiger partial charge on any atom is -0.461 e. The molecule has 1 N–H and O–H groups in total. The number of esters is 1. The molecule has 1 spiro atoms. The van der Waals surface area contributed by atoms with Gasteiger partial charge in [0.05, 0.1) is 29.2 Å². The first kappa shape index (κ1) is 26.5. The van der Waals surface area contributed by atoms with Crippen LogP contribution >= 0.6 is 11.8 Å². The molecule has 0 aliphatic carbocycles. The summed E-state index contributed by atoms with van der Waals surface area (Å²) in [5.74, 6) is -2.25. The van der Waals surface area contributed by atoms with Crippen LogP contribution in [-0.2, 0) is 19.1 Å². The molecule has 6 atom stereocenters. The number of nitrogens with zero attached hydrogens (tertiary/aromatic N) is 2. The van der Waals surface area contributed by atoms with Crippen LogP contribution in [0.3, 0.4) is 0 Å². The first-order chi connectivity index (χ1) is 17.1. The average molecular weight is 513 g/mol. The van der Waals surface area contributed by atoms with Crippen molar-refractivity contribution in [1.29, 1.82) is 0 Å². The lowest BCUT2D eigenvalue weighted by atomic mass is 9.66. The molecule has 0 aromatic heterocycles. The number of aliphatic hydroxyl groups is 1. The van der Waals surface area contributed by atoms with Gasteiger partial charge >= 0.3 is 5.97 Å². The molecule has 3 saturated heterocycles. The van der Waals surface area contributed by atoms with Gasteiger partial charge in [0.1, 0.15) is 12.6 Å². The Bertz CT molecular complexity index is 1110. The summed E-state index contributed by atoms with van der Waals surface area (Å²) < 4.78 is 4.17. The largest absolute Gasteiger partial charge is 0.461 e. The fourth-order valence-corrected chi connectivity index (χ4v) is 8.71. The fraction of sp³-hybridized carbons (Fsp3) is 0.536. The molecule has 0 saturated carbocycles. The SMILES string of the molecule is C=CCOC(=O)[C@@H]1[C@H]2C(=O)N([C@H](C)CO)C(C(=O)N(CC=C)c3cc(C)ccc3C)C23CC[C@@]1(C)S3. The van der Waals surface area contributed by atoms with Gasteiger partial charge in [0.15, 0.2) is 0 Å². The average Bonchev–Trinajstić information content (AvgIpc) is 3.42. The number of hydrogen-bond donors (Lipinski definition) is 1. The van der Waals surface area contributed by atoms with Crippen LogP contribution in [0.5, 0.6) is 0 Å². The highest BCUT2D eigenvalue weighted by Gasteiger charge is 2.78. The van der Waals surface area contributed by atoms with Crippen molar-refractivity contribution in [3.63, 3.8) is 0 Å². The third kappa shape index (κ3) is 3.89. The lowest BCUT2D eigenvalue weighted by Crippen LogP contribution is -2.57. The van der Waals surface area contributed by atoms with Gasteiger partial charge in [-0.3, -0.25) is 14.4 Å². The van der Waals surface area contributed by atoms with Gasteiger partial charge in [0, 0.05) is 17.0 Å². The van der Waals surface area contributed by atoms with Crippen LogP contribution in [-0.4, -0.2) is 69.1 Å².